The quantitative estimate of drug-likeness (QED) is 0.283. The summed E-state index contributed by atoms with van der Waals surface area (Å²) < 4.78 is 11.4. The number of carbonyl (C=O) groups excluding carboxylic acids is 2. The Morgan fingerprint density at radius 2 is 1.94 bits per heavy atom. The topological polar surface area (TPSA) is 67.9 Å². The van der Waals surface area contributed by atoms with E-state index in [-0.39, 0.29) is 23.7 Å². The molecule has 3 rings (SSSR count). The Morgan fingerprint density at radius 3 is 2.60 bits per heavy atom. The zero-order chi connectivity index (χ0) is 25.0. The Labute approximate surface area is 215 Å². The molecule has 2 amide bonds. The molecule has 0 saturated heterocycles. The van der Waals surface area contributed by atoms with E-state index in [9.17, 15) is 9.59 Å². The molecule has 194 valence electrons. The summed E-state index contributed by atoms with van der Waals surface area (Å²) in [5, 5.41) is 3.24. The number of carbonyl (C=O) groups is 2. The summed E-state index contributed by atoms with van der Waals surface area (Å²) in [5.74, 6) is 0.627. The highest BCUT2D eigenvalue weighted by Gasteiger charge is 2.33. The minimum absolute atomic E-state index is 0.141. The number of alkyl halides is 1. The van der Waals surface area contributed by atoms with Crippen LogP contribution in [0.25, 0.3) is 0 Å². The average Bonchev–Trinajstić information content (AvgIpc) is 2.90. The van der Waals surface area contributed by atoms with Gasteiger partial charge in [0.2, 0.25) is 11.8 Å². The molecule has 2 aliphatic carbocycles. The second-order valence-electron chi connectivity index (χ2n) is 9.58. The van der Waals surface area contributed by atoms with Crippen molar-refractivity contribution >= 4 is 23.4 Å². The smallest absolute Gasteiger partial charge is 0.247 e. The van der Waals surface area contributed by atoms with Crippen molar-refractivity contribution in [3.63, 3.8) is 0 Å². The number of allylic oxidation sites excluding steroid dienone is 1. The molecule has 0 spiro atoms. The molecule has 0 radical (unpaired) electrons. The molecule has 1 N–H and O–H groups in total. The number of hydrogen-bond donors (Lipinski definition) is 1. The van der Waals surface area contributed by atoms with Crippen molar-refractivity contribution in [1.29, 1.82) is 0 Å². The highest BCUT2D eigenvalue weighted by molar-refractivity contribution is 6.27. The Hall–Kier alpha value is -2.21. The first kappa shape index (κ1) is 27.4. The SMILES string of the molecule is CCCOc1ccc([C@H](C(=O)NC2CCCCC2)N(CCC2=CCCCC2)C(=O)CCl)cc1OC. The summed E-state index contributed by atoms with van der Waals surface area (Å²) in [6.07, 6.45) is 13.8. The highest BCUT2D eigenvalue weighted by Crippen LogP contribution is 2.34. The molecule has 1 fully saturated rings. The molecule has 35 heavy (non-hydrogen) atoms. The van der Waals surface area contributed by atoms with Crippen LogP contribution in [-0.4, -0.2) is 48.9 Å². The van der Waals surface area contributed by atoms with Crippen LogP contribution in [0.15, 0.2) is 29.8 Å². The minimum atomic E-state index is -0.776. The zero-order valence-corrected chi connectivity index (χ0v) is 22.1. The lowest BCUT2D eigenvalue weighted by atomic mass is 9.94. The standard InChI is InChI=1S/C28H41ClN2O4/c1-3-18-35-24-15-14-22(19-25(24)34-2)27(28(33)30-23-12-8-5-9-13-23)31(26(32)20-29)17-16-21-10-6-4-7-11-21/h10,14-15,19,23,27H,3-9,11-13,16-18,20H2,1-2H3,(H,30,33)/t27-/m1/s1. The van der Waals surface area contributed by atoms with Gasteiger partial charge in [0.15, 0.2) is 11.5 Å². The second-order valence-corrected chi connectivity index (χ2v) is 9.85. The van der Waals surface area contributed by atoms with E-state index in [0.29, 0.717) is 30.2 Å². The van der Waals surface area contributed by atoms with Gasteiger partial charge in [0, 0.05) is 12.6 Å². The van der Waals surface area contributed by atoms with E-state index in [1.54, 1.807) is 12.0 Å². The van der Waals surface area contributed by atoms with E-state index >= 15 is 0 Å². The van der Waals surface area contributed by atoms with Gasteiger partial charge in [-0.1, -0.05) is 43.9 Å². The van der Waals surface area contributed by atoms with Gasteiger partial charge in [0.05, 0.1) is 13.7 Å². The van der Waals surface area contributed by atoms with Crippen LogP contribution < -0.4 is 14.8 Å². The number of halogens is 1. The summed E-state index contributed by atoms with van der Waals surface area (Å²) in [6.45, 7) is 3.08. The van der Waals surface area contributed by atoms with E-state index in [4.69, 9.17) is 21.1 Å². The molecule has 0 aromatic heterocycles. The van der Waals surface area contributed by atoms with Gasteiger partial charge in [-0.05, 0) is 69.1 Å². The van der Waals surface area contributed by atoms with Crippen LogP contribution in [0.5, 0.6) is 11.5 Å². The van der Waals surface area contributed by atoms with E-state index in [1.807, 2.05) is 25.1 Å². The molecule has 0 aliphatic heterocycles. The number of nitrogens with one attached hydrogen (secondary N) is 1. The van der Waals surface area contributed by atoms with Gasteiger partial charge < -0.3 is 19.7 Å². The zero-order valence-electron chi connectivity index (χ0n) is 21.3. The van der Waals surface area contributed by atoms with Crippen LogP contribution in [0.1, 0.15) is 89.2 Å². The number of ether oxygens (including phenoxy) is 2. The molecule has 0 bridgehead atoms. The predicted octanol–water partition coefficient (Wildman–Crippen LogP) is 5.93. The monoisotopic (exact) mass is 504 g/mol. The second kappa shape index (κ2) is 14.4. The van der Waals surface area contributed by atoms with E-state index < -0.39 is 6.04 Å². The lowest BCUT2D eigenvalue weighted by Gasteiger charge is -2.33. The molecule has 0 unspecified atom stereocenters. The van der Waals surface area contributed by atoms with Gasteiger partial charge in [-0.15, -0.1) is 11.6 Å². The van der Waals surface area contributed by atoms with Crippen molar-refractivity contribution in [2.75, 3.05) is 26.1 Å². The van der Waals surface area contributed by atoms with Gasteiger partial charge in [-0.25, -0.2) is 0 Å². The largest absolute Gasteiger partial charge is 0.493 e. The first-order valence-corrected chi connectivity index (χ1v) is 13.7. The molecule has 2 aliphatic rings. The fraction of sp³-hybridized carbons (Fsp3) is 0.643. The fourth-order valence-corrected chi connectivity index (χ4v) is 5.21. The minimum Gasteiger partial charge on any atom is -0.493 e. The molecule has 7 heteroatoms. The predicted molar refractivity (Wildman–Crippen MR) is 140 cm³/mol. The van der Waals surface area contributed by atoms with Gasteiger partial charge in [0.1, 0.15) is 11.9 Å². The van der Waals surface area contributed by atoms with E-state index in [1.165, 1.54) is 24.8 Å². The first-order valence-electron chi connectivity index (χ1n) is 13.2. The van der Waals surface area contributed by atoms with Crippen molar-refractivity contribution in [1.82, 2.24) is 10.2 Å². The van der Waals surface area contributed by atoms with Gasteiger partial charge in [0.25, 0.3) is 0 Å². The van der Waals surface area contributed by atoms with Crippen molar-refractivity contribution in [3.8, 4) is 11.5 Å². The molecular formula is C28H41ClN2O4. The van der Waals surface area contributed by atoms with Crippen LogP contribution in [0.4, 0.5) is 0 Å². The van der Waals surface area contributed by atoms with Crippen molar-refractivity contribution < 1.29 is 19.1 Å². The maximum absolute atomic E-state index is 13.7. The summed E-state index contributed by atoms with van der Waals surface area (Å²) in [7, 11) is 1.59. The normalized spacial score (nSPS) is 17.3. The third-order valence-electron chi connectivity index (χ3n) is 6.97. The number of benzene rings is 1. The summed E-state index contributed by atoms with van der Waals surface area (Å²) in [4.78, 5) is 28.5. The molecule has 0 heterocycles. The summed E-state index contributed by atoms with van der Waals surface area (Å²) >= 11 is 6.06. The molecule has 1 aromatic carbocycles. The van der Waals surface area contributed by atoms with Crippen molar-refractivity contribution in [2.45, 2.75) is 89.6 Å². The highest BCUT2D eigenvalue weighted by atomic mass is 35.5. The lowest BCUT2D eigenvalue weighted by molar-refractivity contribution is -0.139. The third-order valence-corrected chi connectivity index (χ3v) is 7.20. The molecule has 1 atom stereocenters. The molecule has 6 nitrogen and oxygen atoms in total. The van der Waals surface area contributed by atoms with Crippen LogP contribution in [0.3, 0.4) is 0 Å². The fourth-order valence-electron chi connectivity index (χ4n) is 5.06. The van der Waals surface area contributed by atoms with Crippen molar-refractivity contribution in [3.05, 3.63) is 35.4 Å². The Balaban J connectivity index is 1.91. The average molecular weight is 505 g/mol. The Bertz CT molecular complexity index is 867. The number of amides is 2. The van der Waals surface area contributed by atoms with Crippen LogP contribution in [0, 0.1) is 0 Å². The molecule has 1 aromatic rings. The number of methoxy groups -OCH3 is 1. The lowest BCUT2D eigenvalue weighted by Crippen LogP contribution is -2.47. The van der Waals surface area contributed by atoms with Gasteiger partial charge in [-0.2, -0.15) is 0 Å². The Kier molecular flexibility index (Phi) is 11.2. The number of hydrogen-bond acceptors (Lipinski definition) is 4. The van der Waals surface area contributed by atoms with Crippen molar-refractivity contribution in [2.24, 2.45) is 0 Å². The van der Waals surface area contributed by atoms with Gasteiger partial charge >= 0.3 is 0 Å². The maximum atomic E-state index is 13.7. The summed E-state index contributed by atoms with van der Waals surface area (Å²) in [6, 6.07) is 4.89. The third kappa shape index (κ3) is 7.89. The maximum Gasteiger partial charge on any atom is 0.247 e. The number of nitrogens with zero attached hydrogens (tertiary/aromatic N) is 1. The van der Waals surface area contributed by atoms with Crippen LogP contribution in [-0.2, 0) is 9.59 Å². The number of rotatable bonds is 12. The van der Waals surface area contributed by atoms with Crippen LogP contribution >= 0.6 is 11.6 Å². The Morgan fingerprint density at radius 1 is 1.14 bits per heavy atom. The molecule has 1 saturated carbocycles. The first-order chi connectivity index (χ1) is 17.1. The van der Waals surface area contributed by atoms with E-state index in [0.717, 1.165) is 51.4 Å². The summed E-state index contributed by atoms with van der Waals surface area (Å²) in [5.41, 5.74) is 2.06. The molecular weight excluding hydrogens is 464 g/mol. The van der Waals surface area contributed by atoms with Gasteiger partial charge in [-0.3, -0.25) is 9.59 Å². The van der Waals surface area contributed by atoms with E-state index in [2.05, 4.69) is 11.4 Å². The van der Waals surface area contributed by atoms with Crippen LogP contribution in [0.2, 0.25) is 0 Å².